The molecule has 0 radical (unpaired) electrons. The molecule has 0 bridgehead atoms. The van der Waals surface area contributed by atoms with E-state index in [4.69, 9.17) is 9.84 Å². The molecule has 0 spiro atoms. The van der Waals surface area contributed by atoms with Crippen molar-refractivity contribution < 1.29 is 9.84 Å². The smallest absolute Gasteiger partial charge is 0.121 e. The van der Waals surface area contributed by atoms with Crippen LogP contribution in [0.4, 0.5) is 5.69 Å². The highest BCUT2D eigenvalue weighted by atomic mass is 16.5. The lowest BCUT2D eigenvalue weighted by atomic mass is 10.2. The third-order valence-corrected chi connectivity index (χ3v) is 2.00. The van der Waals surface area contributed by atoms with Gasteiger partial charge in [0.05, 0.1) is 13.2 Å². The standard InChI is InChI=1S/C11H17NO2/c1-8-6-10(12-7-9(2)13)4-5-11(8)14-3/h4-6,9,12-13H,7H2,1-3H3/t9-/m0/s1. The van der Waals surface area contributed by atoms with Gasteiger partial charge in [0.1, 0.15) is 5.75 Å². The quantitative estimate of drug-likeness (QED) is 0.769. The Balaban J connectivity index is 2.66. The predicted octanol–water partition coefficient (Wildman–Crippen LogP) is 1.80. The molecule has 0 amide bonds. The van der Waals surface area contributed by atoms with Gasteiger partial charge >= 0.3 is 0 Å². The van der Waals surface area contributed by atoms with Gasteiger partial charge in [-0.25, -0.2) is 0 Å². The Morgan fingerprint density at radius 1 is 1.50 bits per heavy atom. The van der Waals surface area contributed by atoms with Gasteiger partial charge in [-0.2, -0.15) is 0 Å². The molecule has 0 heterocycles. The summed E-state index contributed by atoms with van der Waals surface area (Å²) in [6, 6.07) is 5.86. The molecule has 0 unspecified atom stereocenters. The van der Waals surface area contributed by atoms with Crippen LogP contribution in [0.2, 0.25) is 0 Å². The van der Waals surface area contributed by atoms with Gasteiger partial charge < -0.3 is 15.2 Å². The van der Waals surface area contributed by atoms with Crippen LogP contribution in [0.3, 0.4) is 0 Å². The van der Waals surface area contributed by atoms with Gasteiger partial charge in [-0.1, -0.05) is 0 Å². The number of methoxy groups -OCH3 is 1. The largest absolute Gasteiger partial charge is 0.496 e. The first-order chi connectivity index (χ1) is 6.63. The van der Waals surface area contributed by atoms with Crippen LogP contribution in [0, 0.1) is 6.92 Å². The Bertz CT molecular complexity index is 297. The highest BCUT2D eigenvalue weighted by molar-refractivity contribution is 5.50. The first-order valence-corrected chi connectivity index (χ1v) is 4.70. The van der Waals surface area contributed by atoms with Gasteiger partial charge in [0, 0.05) is 12.2 Å². The lowest BCUT2D eigenvalue weighted by molar-refractivity contribution is 0.208. The normalized spacial score (nSPS) is 12.3. The van der Waals surface area contributed by atoms with Crippen molar-refractivity contribution in [2.75, 3.05) is 19.0 Å². The molecule has 1 rings (SSSR count). The van der Waals surface area contributed by atoms with Gasteiger partial charge in [0.2, 0.25) is 0 Å². The lowest BCUT2D eigenvalue weighted by Gasteiger charge is -2.10. The maximum atomic E-state index is 9.10. The molecule has 0 aliphatic rings. The summed E-state index contributed by atoms with van der Waals surface area (Å²) < 4.78 is 5.15. The number of hydrogen-bond donors (Lipinski definition) is 2. The van der Waals surface area contributed by atoms with Crippen molar-refractivity contribution >= 4 is 5.69 Å². The number of aliphatic hydroxyl groups is 1. The molecule has 14 heavy (non-hydrogen) atoms. The summed E-state index contributed by atoms with van der Waals surface area (Å²) in [4.78, 5) is 0. The topological polar surface area (TPSA) is 41.5 Å². The average molecular weight is 195 g/mol. The van der Waals surface area contributed by atoms with Gasteiger partial charge in [0.25, 0.3) is 0 Å². The number of benzene rings is 1. The van der Waals surface area contributed by atoms with Crippen molar-refractivity contribution in [3.05, 3.63) is 23.8 Å². The summed E-state index contributed by atoms with van der Waals surface area (Å²) in [6.45, 7) is 4.31. The van der Waals surface area contributed by atoms with Crippen LogP contribution in [0.1, 0.15) is 12.5 Å². The minimum atomic E-state index is -0.336. The molecule has 0 saturated carbocycles. The summed E-state index contributed by atoms with van der Waals surface area (Å²) in [5, 5.41) is 12.2. The van der Waals surface area contributed by atoms with Crippen LogP contribution in [0.5, 0.6) is 5.75 Å². The van der Waals surface area contributed by atoms with E-state index in [-0.39, 0.29) is 6.10 Å². The fourth-order valence-electron chi connectivity index (χ4n) is 1.25. The van der Waals surface area contributed by atoms with Crippen molar-refractivity contribution in [3.63, 3.8) is 0 Å². The number of nitrogens with one attached hydrogen (secondary N) is 1. The summed E-state index contributed by atoms with van der Waals surface area (Å²) in [6.07, 6.45) is -0.336. The monoisotopic (exact) mass is 195 g/mol. The molecule has 0 aliphatic heterocycles. The summed E-state index contributed by atoms with van der Waals surface area (Å²) >= 11 is 0. The van der Waals surface area contributed by atoms with E-state index in [1.165, 1.54) is 0 Å². The van der Waals surface area contributed by atoms with Gasteiger partial charge in [-0.05, 0) is 37.6 Å². The first-order valence-electron chi connectivity index (χ1n) is 4.70. The van der Waals surface area contributed by atoms with E-state index in [1.807, 2.05) is 25.1 Å². The average Bonchev–Trinajstić information content (AvgIpc) is 2.15. The molecule has 1 atom stereocenters. The molecule has 0 aliphatic carbocycles. The molecule has 0 fully saturated rings. The minimum absolute atomic E-state index is 0.336. The molecule has 3 heteroatoms. The Labute approximate surface area is 84.7 Å². The number of hydrogen-bond acceptors (Lipinski definition) is 3. The van der Waals surface area contributed by atoms with Crippen molar-refractivity contribution in [3.8, 4) is 5.75 Å². The Morgan fingerprint density at radius 2 is 2.21 bits per heavy atom. The molecule has 2 N–H and O–H groups in total. The molecule has 1 aromatic carbocycles. The maximum Gasteiger partial charge on any atom is 0.121 e. The van der Waals surface area contributed by atoms with Crippen molar-refractivity contribution in [2.45, 2.75) is 20.0 Å². The summed E-state index contributed by atoms with van der Waals surface area (Å²) in [7, 11) is 1.66. The molecule has 3 nitrogen and oxygen atoms in total. The van der Waals surface area contributed by atoms with Crippen molar-refractivity contribution in [1.29, 1.82) is 0 Å². The number of aryl methyl sites for hydroxylation is 1. The highest BCUT2D eigenvalue weighted by Gasteiger charge is 2.00. The zero-order valence-electron chi connectivity index (χ0n) is 8.87. The summed E-state index contributed by atoms with van der Waals surface area (Å²) in [5.41, 5.74) is 2.09. The van der Waals surface area contributed by atoms with Gasteiger partial charge in [-0.15, -0.1) is 0 Å². The predicted molar refractivity (Wildman–Crippen MR) is 57.9 cm³/mol. The molecule has 1 aromatic rings. The van der Waals surface area contributed by atoms with Crippen LogP contribution in [0.25, 0.3) is 0 Å². The Kier molecular flexibility index (Phi) is 3.77. The maximum absolute atomic E-state index is 9.10. The molecule has 0 aromatic heterocycles. The Hall–Kier alpha value is -1.22. The lowest BCUT2D eigenvalue weighted by Crippen LogP contribution is -2.15. The zero-order valence-corrected chi connectivity index (χ0v) is 8.87. The number of ether oxygens (including phenoxy) is 1. The molecular formula is C11H17NO2. The van der Waals surface area contributed by atoms with Gasteiger partial charge in [-0.3, -0.25) is 0 Å². The van der Waals surface area contributed by atoms with E-state index in [0.717, 1.165) is 17.0 Å². The van der Waals surface area contributed by atoms with Crippen LogP contribution in [-0.4, -0.2) is 24.9 Å². The van der Waals surface area contributed by atoms with Crippen molar-refractivity contribution in [1.82, 2.24) is 0 Å². The van der Waals surface area contributed by atoms with E-state index in [2.05, 4.69) is 5.32 Å². The third kappa shape index (κ3) is 2.92. The zero-order chi connectivity index (χ0) is 10.6. The second-order valence-corrected chi connectivity index (χ2v) is 3.41. The number of aliphatic hydroxyl groups excluding tert-OH is 1. The Morgan fingerprint density at radius 3 is 2.71 bits per heavy atom. The summed E-state index contributed by atoms with van der Waals surface area (Å²) in [5.74, 6) is 0.882. The highest BCUT2D eigenvalue weighted by Crippen LogP contribution is 2.21. The van der Waals surface area contributed by atoms with E-state index < -0.39 is 0 Å². The third-order valence-electron chi connectivity index (χ3n) is 2.00. The number of rotatable bonds is 4. The fourth-order valence-corrected chi connectivity index (χ4v) is 1.25. The molecular weight excluding hydrogens is 178 g/mol. The van der Waals surface area contributed by atoms with Crippen LogP contribution < -0.4 is 10.1 Å². The SMILES string of the molecule is COc1ccc(NC[C@H](C)O)cc1C. The number of anilines is 1. The van der Waals surface area contributed by atoms with Crippen LogP contribution >= 0.6 is 0 Å². The van der Waals surface area contributed by atoms with Crippen molar-refractivity contribution in [2.24, 2.45) is 0 Å². The fraction of sp³-hybridized carbons (Fsp3) is 0.455. The van der Waals surface area contributed by atoms with E-state index in [9.17, 15) is 0 Å². The minimum Gasteiger partial charge on any atom is -0.496 e. The second kappa shape index (κ2) is 4.86. The van der Waals surface area contributed by atoms with Gasteiger partial charge in [0.15, 0.2) is 0 Å². The first kappa shape index (κ1) is 10.9. The van der Waals surface area contributed by atoms with E-state index in [0.29, 0.717) is 6.54 Å². The van der Waals surface area contributed by atoms with E-state index >= 15 is 0 Å². The molecule has 78 valence electrons. The second-order valence-electron chi connectivity index (χ2n) is 3.41. The van der Waals surface area contributed by atoms with Crippen LogP contribution in [0.15, 0.2) is 18.2 Å². The molecule has 0 saturated heterocycles. The van der Waals surface area contributed by atoms with Crippen LogP contribution in [-0.2, 0) is 0 Å². The van der Waals surface area contributed by atoms with E-state index in [1.54, 1.807) is 14.0 Å².